The molecule has 7 nitrogen and oxygen atoms in total. The summed E-state index contributed by atoms with van der Waals surface area (Å²) in [6.45, 7) is 2.64. The lowest BCUT2D eigenvalue weighted by molar-refractivity contribution is -0.143. The highest BCUT2D eigenvalue weighted by Gasteiger charge is 2.21. The van der Waals surface area contributed by atoms with Gasteiger partial charge in [-0.15, -0.1) is 0 Å². The van der Waals surface area contributed by atoms with Gasteiger partial charge in [0, 0.05) is 24.5 Å². The second kappa shape index (κ2) is 7.29. The normalized spacial score (nSPS) is 14.1. The van der Waals surface area contributed by atoms with Gasteiger partial charge in [-0.05, 0) is 30.9 Å². The number of pyridine rings is 1. The molecule has 0 radical (unpaired) electrons. The molecule has 0 amide bonds. The zero-order valence-corrected chi connectivity index (χ0v) is 14.2. The molecule has 130 valence electrons. The molecule has 1 aliphatic rings. The number of benzene rings is 1. The van der Waals surface area contributed by atoms with E-state index in [1.54, 1.807) is 25.4 Å². The number of hydrogen-bond acceptors (Lipinski definition) is 7. The van der Waals surface area contributed by atoms with Crippen LogP contribution in [-0.2, 0) is 9.53 Å². The Bertz CT molecular complexity index is 874. The number of phenols is 1. The summed E-state index contributed by atoms with van der Waals surface area (Å²) in [6.07, 6.45) is 4.18. The Morgan fingerprint density at radius 2 is 2.24 bits per heavy atom. The number of aromatic nitrogens is 1. The Hall–Kier alpha value is -2.96. The number of carbonyl (C=O) groups is 1. The van der Waals surface area contributed by atoms with Gasteiger partial charge in [-0.2, -0.15) is 0 Å². The van der Waals surface area contributed by atoms with Crippen LogP contribution in [-0.4, -0.2) is 48.2 Å². The third-order valence-corrected chi connectivity index (χ3v) is 3.87. The highest BCUT2D eigenvalue weighted by molar-refractivity contribution is 6.43. The van der Waals surface area contributed by atoms with Crippen molar-refractivity contribution in [1.29, 1.82) is 0 Å². The van der Waals surface area contributed by atoms with Crippen molar-refractivity contribution in [1.82, 2.24) is 4.98 Å². The van der Waals surface area contributed by atoms with Gasteiger partial charge < -0.3 is 14.6 Å². The van der Waals surface area contributed by atoms with Crippen LogP contribution in [0.4, 0.5) is 5.69 Å². The van der Waals surface area contributed by atoms with Crippen LogP contribution in [0.5, 0.6) is 11.5 Å². The van der Waals surface area contributed by atoms with E-state index in [2.05, 4.69) is 15.0 Å². The first-order chi connectivity index (χ1) is 12.2. The van der Waals surface area contributed by atoms with Crippen molar-refractivity contribution in [2.75, 3.05) is 20.3 Å². The molecule has 3 rings (SSSR count). The summed E-state index contributed by atoms with van der Waals surface area (Å²) in [5, 5.41) is 11.9. The van der Waals surface area contributed by atoms with Crippen molar-refractivity contribution in [3.05, 3.63) is 24.0 Å². The summed E-state index contributed by atoms with van der Waals surface area (Å²) < 4.78 is 10.1. The van der Waals surface area contributed by atoms with E-state index in [9.17, 15) is 9.90 Å². The lowest BCUT2D eigenvalue weighted by Crippen LogP contribution is -2.11. The van der Waals surface area contributed by atoms with E-state index in [1.165, 1.54) is 7.11 Å². The number of rotatable bonds is 6. The van der Waals surface area contributed by atoms with Crippen LogP contribution in [0.3, 0.4) is 0 Å². The van der Waals surface area contributed by atoms with Gasteiger partial charge in [0.05, 0.1) is 25.6 Å². The summed E-state index contributed by atoms with van der Waals surface area (Å²) in [4.78, 5) is 24.6. The van der Waals surface area contributed by atoms with Crippen molar-refractivity contribution >= 4 is 34.4 Å². The molecule has 2 aromatic rings. The monoisotopic (exact) mass is 341 g/mol. The van der Waals surface area contributed by atoms with Crippen LogP contribution in [0.15, 0.2) is 28.3 Å². The van der Waals surface area contributed by atoms with Crippen LogP contribution < -0.4 is 4.74 Å². The SMILES string of the molecule is CCOC(=O)CCCN=C1C=Nc2c(O)c(OC)cc3ccnc1c23. The highest BCUT2D eigenvalue weighted by Crippen LogP contribution is 2.44. The molecule has 1 N–H and O–H groups in total. The van der Waals surface area contributed by atoms with E-state index in [0.717, 1.165) is 10.8 Å². The molecule has 2 heterocycles. The second-order valence-corrected chi connectivity index (χ2v) is 5.47. The number of aliphatic imine (C=N–C) groups is 2. The molecular formula is C18H19N3O4. The molecular weight excluding hydrogens is 322 g/mol. The minimum atomic E-state index is -0.220. The van der Waals surface area contributed by atoms with E-state index >= 15 is 0 Å². The number of carbonyl (C=O) groups excluding carboxylic acids is 1. The van der Waals surface area contributed by atoms with E-state index in [0.29, 0.717) is 48.8 Å². The molecule has 1 aromatic carbocycles. The largest absolute Gasteiger partial charge is 0.503 e. The molecule has 0 atom stereocenters. The fraction of sp³-hybridized carbons (Fsp3) is 0.333. The van der Waals surface area contributed by atoms with Gasteiger partial charge in [0.25, 0.3) is 0 Å². The summed E-state index contributed by atoms with van der Waals surface area (Å²) in [6, 6.07) is 3.59. The van der Waals surface area contributed by atoms with Crippen molar-refractivity contribution in [2.45, 2.75) is 19.8 Å². The van der Waals surface area contributed by atoms with Crippen LogP contribution >= 0.6 is 0 Å². The smallest absolute Gasteiger partial charge is 0.305 e. The van der Waals surface area contributed by atoms with Crippen LogP contribution in [0.2, 0.25) is 0 Å². The minimum absolute atomic E-state index is 0.0122. The molecule has 0 aliphatic carbocycles. The molecule has 1 aromatic heterocycles. The van der Waals surface area contributed by atoms with Gasteiger partial charge >= 0.3 is 5.97 Å². The lowest BCUT2D eigenvalue weighted by Gasteiger charge is -2.16. The lowest BCUT2D eigenvalue weighted by atomic mass is 10.0. The Morgan fingerprint density at radius 1 is 1.40 bits per heavy atom. The Kier molecular flexibility index (Phi) is 4.92. The number of nitrogens with zero attached hydrogens (tertiary/aromatic N) is 3. The highest BCUT2D eigenvalue weighted by atomic mass is 16.5. The molecule has 1 aliphatic heterocycles. The average Bonchev–Trinajstić information content (AvgIpc) is 2.62. The van der Waals surface area contributed by atoms with Gasteiger partial charge in [0.2, 0.25) is 0 Å². The first-order valence-electron chi connectivity index (χ1n) is 8.09. The predicted molar refractivity (Wildman–Crippen MR) is 95.4 cm³/mol. The van der Waals surface area contributed by atoms with E-state index < -0.39 is 0 Å². The molecule has 0 bridgehead atoms. The van der Waals surface area contributed by atoms with Gasteiger partial charge in [-0.1, -0.05) is 0 Å². The molecule has 0 fully saturated rings. The van der Waals surface area contributed by atoms with Crippen molar-refractivity contribution < 1.29 is 19.4 Å². The Balaban J connectivity index is 1.88. The predicted octanol–water partition coefficient (Wildman–Crippen LogP) is 2.80. The first-order valence-corrected chi connectivity index (χ1v) is 8.09. The third-order valence-electron chi connectivity index (χ3n) is 3.87. The zero-order valence-electron chi connectivity index (χ0n) is 14.2. The van der Waals surface area contributed by atoms with Gasteiger partial charge in [0.1, 0.15) is 11.4 Å². The molecule has 0 saturated carbocycles. The fourth-order valence-corrected chi connectivity index (χ4v) is 2.72. The molecule has 25 heavy (non-hydrogen) atoms. The molecule has 0 saturated heterocycles. The number of ether oxygens (including phenoxy) is 2. The van der Waals surface area contributed by atoms with Crippen molar-refractivity contribution in [3.8, 4) is 11.5 Å². The van der Waals surface area contributed by atoms with E-state index in [1.807, 2.05) is 6.07 Å². The summed E-state index contributed by atoms with van der Waals surface area (Å²) in [5.74, 6) is 0.135. The zero-order chi connectivity index (χ0) is 17.8. The summed E-state index contributed by atoms with van der Waals surface area (Å²) in [5.41, 5.74) is 1.73. The van der Waals surface area contributed by atoms with E-state index in [4.69, 9.17) is 9.47 Å². The van der Waals surface area contributed by atoms with Crippen molar-refractivity contribution in [2.24, 2.45) is 9.98 Å². The maximum atomic E-state index is 11.4. The number of hydrogen-bond donors (Lipinski definition) is 1. The van der Waals surface area contributed by atoms with Gasteiger partial charge in [-0.25, -0.2) is 4.99 Å². The Morgan fingerprint density at radius 3 is 3.00 bits per heavy atom. The number of aromatic hydroxyl groups is 1. The summed E-state index contributed by atoms with van der Waals surface area (Å²) >= 11 is 0. The average molecular weight is 341 g/mol. The van der Waals surface area contributed by atoms with Crippen LogP contribution in [0.1, 0.15) is 25.5 Å². The molecule has 0 unspecified atom stereocenters. The van der Waals surface area contributed by atoms with Gasteiger partial charge in [-0.3, -0.25) is 14.8 Å². The third kappa shape index (κ3) is 3.31. The fourth-order valence-electron chi connectivity index (χ4n) is 2.72. The molecule has 0 spiro atoms. The van der Waals surface area contributed by atoms with Crippen LogP contribution in [0.25, 0.3) is 10.8 Å². The topological polar surface area (TPSA) is 93.4 Å². The van der Waals surface area contributed by atoms with Crippen molar-refractivity contribution in [3.63, 3.8) is 0 Å². The number of phenolic OH excluding ortho intramolecular Hbond substituents is 1. The Labute approximate surface area is 145 Å². The standard InChI is InChI=1S/C18H19N3O4/c1-3-25-14(22)5-4-7-19-12-10-21-17-15-11(6-8-20-16(12)15)9-13(24-2)18(17)23/h6,8-10,23H,3-5,7H2,1-2H3. The first kappa shape index (κ1) is 16.9. The minimum Gasteiger partial charge on any atom is -0.503 e. The number of esters is 1. The maximum Gasteiger partial charge on any atom is 0.305 e. The van der Waals surface area contributed by atoms with Crippen LogP contribution in [0, 0.1) is 0 Å². The van der Waals surface area contributed by atoms with Gasteiger partial charge in [0.15, 0.2) is 11.5 Å². The van der Waals surface area contributed by atoms with E-state index in [-0.39, 0.29) is 11.7 Å². The molecule has 7 heteroatoms. The quantitative estimate of drug-likeness (QED) is 0.644. The summed E-state index contributed by atoms with van der Waals surface area (Å²) in [7, 11) is 1.50. The second-order valence-electron chi connectivity index (χ2n) is 5.47. The maximum absolute atomic E-state index is 11.4. The number of methoxy groups -OCH3 is 1.